The van der Waals surface area contributed by atoms with E-state index in [-0.39, 0.29) is 24.6 Å². The maximum atomic E-state index is 12.8. The zero-order valence-electron chi connectivity index (χ0n) is 19.1. The first-order chi connectivity index (χ1) is 17.1. The largest absolute Gasteiger partial charge is 0.445 e. The average Bonchev–Trinajstić information content (AvgIpc) is 3.28. The van der Waals surface area contributed by atoms with Crippen molar-refractivity contribution >= 4 is 34.4 Å². The molecule has 1 atom stereocenters. The van der Waals surface area contributed by atoms with Crippen molar-refractivity contribution in [2.75, 3.05) is 6.54 Å². The first-order valence-corrected chi connectivity index (χ1v) is 12.8. The maximum absolute atomic E-state index is 12.8. The van der Waals surface area contributed by atoms with Gasteiger partial charge in [0.05, 0.1) is 17.1 Å². The van der Waals surface area contributed by atoms with Crippen LogP contribution in [0.5, 0.6) is 0 Å². The van der Waals surface area contributed by atoms with Gasteiger partial charge >= 0.3 is 6.09 Å². The van der Waals surface area contributed by atoms with Crippen molar-refractivity contribution < 1.29 is 14.3 Å². The number of hydrogen-bond donors (Lipinski definition) is 2. The minimum atomic E-state index is -0.322. The Balaban J connectivity index is 1.18. The van der Waals surface area contributed by atoms with Gasteiger partial charge in [-0.05, 0) is 49.4 Å². The summed E-state index contributed by atoms with van der Waals surface area (Å²) in [4.78, 5) is 39.6. The molecule has 178 valence electrons. The smallest absolute Gasteiger partial charge is 0.410 e. The minimum absolute atomic E-state index is 0.111. The molecule has 4 aromatic rings. The number of thiazole rings is 1. The topological polar surface area (TPSA) is 100 Å². The Kier molecular flexibility index (Phi) is 5.69. The van der Waals surface area contributed by atoms with Gasteiger partial charge < -0.3 is 15.0 Å². The lowest BCUT2D eigenvalue weighted by Crippen LogP contribution is -2.31. The van der Waals surface area contributed by atoms with Crippen molar-refractivity contribution in [3.05, 3.63) is 71.0 Å². The van der Waals surface area contributed by atoms with Crippen LogP contribution >= 0.6 is 11.3 Å². The molecule has 2 aliphatic rings. The number of likely N-dealkylation sites (tertiary alicyclic amines) is 1. The van der Waals surface area contributed by atoms with Gasteiger partial charge in [-0.3, -0.25) is 9.69 Å². The van der Waals surface area contributed by atoms with Gasteiger partial charge in [-0.2, -0.15) is 0 Å². The van der Waals surface area contributed by atoms with Gasteiger partial charge in [0.15, 0.2) is 0 Å². The number of nitrogens with one attached hydrogen (secondary N) is 2. The molecule has 2 aromatic carbocycles. The third-order valence-electron chi connectivity index (χ3n) is 6.40. The summed E-state index contributed by atoms with van der Waals surface area (Å²) >= 11 is 1.45. The van der Waals surface area contributed by atoms with Crippen LogP contribution in [0, 0.1) is 0 Å². The van der Waals surface area contributed by atoms with Crippen molar-refractivity contribution in [1.82, 2.24) is 25.2 Å². The highest BCUT2D eigenvalue weighted by atomic mass is 32.1. The quantitative estimate of drug-likeness (QED) is 0.396. The summed E-state index contributed by atoms with van der Waals surface area (Å²) in [7, 11) is 0. The standard InChI is InChI=1S/C26H25N5O3S/c32-24(27-18-9-10-18)21-15-35-25(30-21)17-8-11-19-20(13-17)29-23(28-19)22-7-4-12-31(22)26(33)34-14-16-5-2-1-3-6-16/h1-3,5-6,8,11,13,15,18,22H,4,7,9-10,12,14H2,(H,27,32)(H,28,29)/t22-/m0/s1. The number of H-pyrrole nitrogens is 1. The number of hydrogen-bond acceptors (Lipinski definition) is 6. The van der Waals surface area contributed by atoms with Gasteiger partial charge in [0.1, 0.15) is 23.1 Å². The molecule has 2 amide bonds. The van der Waals surface area contributed by atoms with Gasteiger partial charge in [0.2, 0.25) is 0 Å². The van der Waals surface area contributed by atoms with Crippen molar-refractivity contribution in [2.24, 2.45) is 0 Å². The fourth-order valence-electron chi connectivity index (χ4n) is 4.39. The number of imidazole rings is 1. The third kappa shape index (κ3) is 4.64. The Morgan fingerprint density at radius 2 is 1.97 bits per heavy atom. The Morgan fingerprint density at radius 3 is 2.80 bits per heavy atom. The molecule has 2 aromatic heterocycles. The van der Waals surface area contributed by atoms with Crippen LogP contribution in [0.2, 0.25) is 0 Å². The molecule has 1 saturated heterocycles. The van der Waals surface area contributed by atoms with Crippen LogP contribution < -0.4 is 5.32 Å². The first kappa shape index (κ1) is 21.8. The van der Waals surface area contributed by atoms with Crippen molar-refractivity contribution in [3.8, 4) is 10.6 Å². The van der Waals surface area contributed by atoms with E-state index in [2.05, 4.69) is 15.3 Å². The molecule has 0 bridgehead atoms. The Labute approximate surface area is 206 Å². The van der Waals surface area contributed by atoms with E-state index in [1.807, 2.05) is 48.5 Å². The van der Waals surface area contributed by atoms with E-state index >= 15 is 0 Å². The third-order valence-corrected chi connectivity index (χ3v) is 7.30. The molecule has 6 rings (SSSR count). The molecule has 0 radical (unpaired) electrons. The maximum Gasteiger partial charge on any atom is 0.410 e. The van der Waals surface area contributed by atoms with Gasteiger partial charge in [-0.25, -0.2) is 14.8 Å². The molecular formula is C26H25N5O3S. The zero-order valence-corrected chi connectivity index (χ0v) is 19.9. The summed E-state index contributed by atoms with van der Waals surface area (Å²) in [6.07, 6.45) is 3.50. The SMILES string of the molecule is O=C(NC1CC1)c1csc(-c2ccc3nc([C@@H]4CCCN4C(=O)OCc4ccccc4)[nH]c3c2)n1. The zero-order chi connectivity index (χ0) is 23.8. The molecule has 35 heavy (non-hydrogen) atoms. The number of carbonyl (C=O) groups excluding carboxylic acids is 2. The Bertz CT molecular complexity index is 1380. The highest BCUT2D eigenvalue weighted by molar-refractivity contribution is 7.13. The van der Waals surface area contributed by atoms with Crippen LogP contribution in [-0.4, -0.2) is 44.4 Å². The average molecular weight is 488 g/mol. The second-order valence-electron chi connectivity index (χ2n) is 9.03. The minimum Gasteiger partial charge on any atom is -0.445 e. The molecule has 3 heterocycles. The lowest BCUT2D eigenvalue weighted by atomic mass is 10.2. The van der Waals surface area contributed by atoms with Crippen LogP contribution in [0.1, 0.15) is 53.6 Å². The van der Waals surface area contributed by atoms with Crippen molar-refractivity contribution in [3.63, 3.8) is 0 Å². The number of ether oxygens (including phenoxy) is 1. The fourth-order valence-corrected chi connectivity index (χ4v) is 5.19. The summed E-state index contributed by atoms with van der Waals surface area (Å²) in [5, 5.41) is 5.56. The summed E-state index contributed by atoms with van der Waals surface area (Å²) < 4.78 is 5.57. The van der Waals surface area contributed by atoms with Crippen LogP contribution in [-0.2, 0) is 11.3 Å². The summed E-state index contributed by atoms with van der Waals surface area (Å²) in [5.41, 5.74) is 4.05. The molecule has 2 N–H and O–H groups in total. The van der Waals surface area contributed by atoms with Crippen LogP contribution in [0.15, 0.2) is 53.9 Å². The number of benzene rings is 2. The Hall–Kier alpha value is -3.72. The number of aromatic amines is 1. The number of rotatable bonds is 6. The molecular weight excluding hydrogens is 462 g/mol. The van der Waals surface area contributed by atoms with Crippen molar-refractivity contribution in [1.29, 1.82) is 0 Å². The van der Waals surface area contributed by atoms with E-state index in [0.717, 1.165) is 58.7 Å². The number of carbonyl (C=O) groups is 2. The van der Waals surface area contributed by atoms with Crippen molar-refractivity contribution in [2.45, 2.75) is 44.4 Å². The van der Waals surface area contributed by atoms with Gasteiger partial charge in [-0.1, -0.05) is 30.3 Å². The van der Waals surface area contributed by atoms with E-state index in [1.165, 1.54) is 11.3 Å². The summed E-state index contributed by atoms with van der Waals surface area (Å²) in [6.45, 7) is 0.895. The molecule has 1 aliphatic heterocycles. The van der Waals surface area contributed by atoms with E-state index in [4.69, 9.17) is 9.72 Å². The van der Waals surface area contributed by atoms with Gasteiger partial charge in [0.25, 0.3) is 5.91 Å². The van der Waals surface area contributed by atoms with Crippen LogP contribution in [0.3, 0.4) is 0 Å². The predicted molar refractivity (Wildman–Crippen MR) is 133 cm³/mol. The lowest BCUT2D eigenvalue weighted by molar-refractivity contribution is 0.0908. The van der Waals surface area contributed by atoms with Crippen LogP contribution in [0.4, 0.5) is 4.79 Å². The van der Waals surface area contributed by atoms with E-state index in [9.17, 15) is 9.59 Å². The number of aromatic nitrogens is 3. The normalized spacial score (nSPS) is 17.6. The van der Waals surface area contributed by atoms with Crippen LogP contribution in [0.25, 0.3) is 21.6 Å². The summed E-state index contributed by atoms with van der Waals surface area (Å²) in [6, 6.07) is 15.8. The first-order valence-electron chi connectivity index (χ1n) is 11.9. The van der Waals surface area contributed by atoms with E-state index in [1.54, 1.807) is 10.3 Å². The van der Waals surface area contributed by atoms with E-state index in [0.29, 0.717) is 18.3 Å². The molecule has 9 heteroatoms. The van der Waals surface area contributed by atoms with Gasteiger partial charge in [0, 0.05) is 23.5 Å². The van der Waals surface area contributed by atoms with E-state index < -0.39 is 0 Å². The number of amides is 2. The lowest BCUT2D eigenvalue weighted by Gasteiger charge is -2.22. The monoisotopic (exact) mass is 487 g/mol. The second-order valence-corrected chi connectivity index (χ2v) is 9.89. The molecule has 1 saturated carbocycles. The second kappa shape index (κ2) is 9.14. The summed E-state index contributed by atoms with van der Waals surface area (Å²) in [5.74, 6) is 0.648. The molecule has 8 nitrogen and oxygen atoms in total. The number of nitrogens with zero attached hydrogens (tertiary/aromatic N) is 3. The molecule has 1 aliphatic carbocycles. The number of fused-ring (bicyclic) bond motifs is 1. The highest BCUT2D eigenvalue weighted by Gasteiger charge is 2.33. The Morgan fingerprint density at radius 1 is 1.11 bits per heavy atom. The fraction of sp³-hybridized carbons (Fsp3) is 0.308. The highest BCUT2D eigenvalue weighted by Crippen LogP contribution is 2.33. The predicted octanol–water partition coefficient (Wildman–Crippen LogP) is 5.05. The molecule has 0 spiro atoms. The molecule has 0 unspecified atom stereocenters. The van der Waals surface area contributed by atoms with Gasteiger partial charge in [-0.15, -0.1) is 11.3 Å². The molecule has 2 fully saturated rings.